The fraction of sp³-hybridized carbons (Fsp3) is 0.111. The van der Waals surface area contributed by atoms with Crippen molar-refractivity contribution >= 4 is 41.0 Å². The van der Waals surface area contributed by atoms with Crippen LogP contribution in [-0.4, -0.2) is 6.26 Å². The van der Waals surface area contributed by atoms with Gasteiger partial charge in [-0.2, -0.15) is 0 Å². The van der Waals surface area contributed by atoms with E-state index in [0.29, 0.717) is 10.0 Å². The molecule has 0 unspecified atom stereocenters. The summed E-state index contributed by atoms with van der Waals surface area (Å²) >= 11 is 13.3. The molecular formula is C9H8Cl2S. The van der Waals surface area contributed by atoms with Gasteiger partial charge in [-0.3, -0.25) is 0 Å². The van der Waals surface area contributed by atoms with E-state index < -0.39 is 0 Å². The zero-order chi connectivity index (χ0) is 8.97. The lowest BCUT2D eigenvalue weighted by Crippen LogP contribution is -1.73. The second kappa shape index (κ2) is 4.80. The number of thioether (sulfide) groups is 1. The third-order valence-electron chi connectivity index (χ3n) is 1.35. The topological polar surface area (TPSA) is 0 Å². The van der Waals surface area contributed by atoms with Crippen molar-refractivity contribution in [3.63, 3.8) is 0 Å². The highest BCUT2D eigenvalue weighted by atomic mass is 35.5. The molecule has 0 N–H and O–H groups in total. The summed E-state index contributed by atoms with van der Waals surface area (Å²) in [5.74, 6) is 0. The molecule has 64 valence electrons. The van der Waals surface area contributed by atoms with Crippen LogP contribution in [0.3, 0.4) is 0 Å². The molecule has 0 saturated carbocycles. The summed E-state index contributed by atoms with van der Waals surface area (Å²) in [4.78, 5) is 0. The number of rotatable bonds is 2. The summed E-state index contributed by atoms with van der Waals surface area (Å²) in [5.41, 5.74) is 0.996. The highest BCUT2D eigenvalue weighted by Gasteiger charge is 1.95. The highest BCUT2D eigenvalue weighted by Crippen LogP contribution is 2.22. The number of hydrogen-bond donors (Lipinski definition) is 0. The van der Waals surface area contributed by atoms with Crippen LogP contribution in [0.1, 0.15) is 5.56 Å². The molecule has 0 radical (unpaired) electrons. The normalized spacial score (nSPS) is 10.9. The summed E-state index contributed by atoms with van der Waals surface area (Å²) in [6.45, 7) is 0. The van der Waals surface area contributed by atoms with Crippen LogP contribution in [0, 0.1) is 0 Å². The van der Waals surface area contributed by atoms with E-state index in [4.69, 9.17) is 23.2 Å². The lowest BCUT2D eigenvalue weighted by atomic mass is 10.2. The lowest BCUT2D eigenvalue weighted by molar-refractivity contribution is 1.66. The van der Waals surface area contributed by atoms with E-state index in [1.165, 1.54) is 0 Å². The summed E-state index contributed by atoms with van der Waals surface area (Å²) in [7, 11) is 0. The first-order valence-electron chi connectivity index (χ1n) is 3.38. The van der Waals surface area contributed by atoms with E-state index in [1.807, 2.05) is 29.9 Å². The van der Waals surface area contributed by atoms with Crippen LogP contribution in [0.5, 0.6) is 0 Å². The Kier molecular flexibility index (Phi) is 3.99. The molecule has 1 aromatic rings. The first-order chi connectivity index (χ1) is 5.74. The Morgan fingerprint density at radius 3 is 2.67 bits per heavy atom. The Balaban J connectivity index is 2.94. The van der Waals surface area contributed by atoms with Gasteiger partial charge in [-0.15, -0.1) is 11.8 Å². The molecule has 0 fully saturated rings. The average molecular weight is 219 g/mol. The predicted molar refractivity (Wildman–Crippen MR) is 59.0 cm³/mol. The van der Waals surface area contributed by atoms with E-state index in [-0.39, 0.29) is 0 Å². The quantitative estimate of drug-likeness (QED) is 0.713. The largest absolute Gasteiger partial charge is 0.138 e. The van der Waals surface area contributed by atoms with Crippen molar-refractivity contribution in [2.45, 2.75) is 0 Å². The van der Waals surface area contributed by atoms with Crippen molar-refractivity contribution in [2.24, 2.45) is 0 Å². The summed E-state index contributed by atoms with van der Waals surface area (Å²) < 4.78 is 0. The van der Waals surface area contributed by atoms with Gasteiger partial charge in [0.1, 0.15) is 0 Å². The van der Waals surface area contributed by atoms with E-state index >= 15 is 0 Å². The zero-order valence-electron chi connectivity index (χ0n) is 6.55. The molecule has 0 spiro atoms. The van der Waals surface area contributed by atoms with Crippen molar-refractivity contribution in [3.05, 3.63) is 39.2 Å². The maximum absolute atomic E-state index is 5.92. The fourth-order valence-corrected chi connectivity index (χ4v) is 1.53. The van der Waals surface area contributed by atoms with Crippen molar-refractivity contribution in [3.8, 4) is 0 Å². The molecule has 1 aromatic carbocycles. The molecule has 0 aromatic heterocycles. The van der Waals surface area contributed by atoms with Gasteiger partial charge < -0.3 is 0 Å². The van der Waals surface area contributed by atoms with Crippen molar-refractivity contribution in [2.75, 3.05) is 6.26 Å². The Bertz CT molecular complexity index is 295. The van der Waals surface area contributed by atoms with Gasteiger partial charge in [0.25, 0.3) is 0 Å². The van der Waals surface area contributed by atoms with Crippen LogP contribution in [0.15, 0.2) is 23.6 Å². The van der Waals surface area contributed by atoms with Crippen molar-refractivity contribution < 1.29 is 0 Å². The maximum Gasteiger partial charge on any atom is 0.0493 e. The van der Waals surface area contributed by atoms with Crippen LogP contribution in [0.25, 0.3) is 6.08 Å². The van der Waals surface area contributed by atoms with Gasteiger partial charge in [-0.1, -0.05) is 29.3 Å². The van der Waals surface area contributed by atoms with Crippen LogP contribution in [-0.2, 0) is 0 Å². The van der Waals surface area contributed by atoms with Crippen LogP contribution in [0.4, 0.5) is 0 Å². The minimum atomic E-state index is 0.668. The van der Waals surface area contributed by atoms with Gasteiger partial charge >= 0.3 is 0 Å². The van der Waals surface area contributed by atoms with Crippen LogP contribution >= 0.6 is 35.0 Å². The molecule has 12 heavy (non-hydrogen) atoms. The molecule has 3 heteroatoms. The van der Waals surface area contributed by atoms with Gasteiger partial charge in [0.15, 0.2) is 0 Å². The monoisotopic (exact) mass is 218 g/mol. The summed E-state index contributed by atoms with van der Waals surface area (Å²) in [6, 6.07) is 5.47. The molecule has 0 heterocycles. The molecule has 0 saturated heterocycles. The van der Waals surface area contributed by atoms with Crippen LogP contribution in [0.2, 0.25) is 10.0 Å². The second-order valence-corrected chi connectivity index (χ2v) is 3.79. The maximum atomic E-state index is 5.92. The molecule has 0 atom stereocenters. The van der Waals surface area contributed by atoms with Gasteiger partial charge in [0, 0.05) is 10.0 Å². The van der Waals surface area contributed by atoms with Crippen molar-refractivity contribution in [1.29, 1.82) is 0 Å². The molecule has 0 aliphatic heterocycles. The number of halogens is 2. The van der Waals surface area contributed by atoms with E-state index in [1.54, 1.807) is 17.8 Å². The SMILES string of the molecule is CSC=Cc1ccc(Cl)cc1Cl. The number of hydrogen-bond acceptors (Lipinski definition) is 1. The van der Waals surface area contributed by atoms with Gasteiger partial charge in [0.2, 0.25) is 0 Å². The summed E-state index contributed by atoms with van der Waals surface area (Å²) in [6.07, 6.45) is 3.96. The van der Waals surface area contributed by atoms with E-state index in [9.17, 15) is 0 Å². The Hall–Kier alpha value is -0.110. The number of benzene rings is 1. The van der Waals surface area contributed by atoms with Gasteiger partial charge in [-0.05, 0) is 35.4 Å². The van der Waals surface area contributed by atoms with E-state index in [2.05, 4.69) is 0 Å². The molecule has 0 aliphatic rings. The minimum absolute atomic E-state index is 0.668. The third-order valence-corrected chi connectivity index (χ3v) is 2.32. The minimum Gasteiger partial charge on any atom is -0.138 e. The molecule has 1 rings (SSSR count). The van der Waals surface area contributed by atoms with E-state index in [0.717, 1.165) is 5.56 Å². The first-order valence-corrected chi connectivity index (χ1v) is 5.43. The lowest BCUT2D eigenvalue weighted by Gasteiger charge is -1.97. The second-order valence-electron chi connectivity index (χ2n) is 2.20. The first kappa shape index (κ1) is 9.97. The Morgan fingerprint density at radius 1 is 1.33 bits per heavy atom. The standard InChI is InChI=1S/C9H8Cl2S/c1-12-5-4-7-2-3-8(10)6-9(7)11/h2-6H,1H3. The highest BCUT2D eigenvalue weighted by molar-refractivity contribution is 8.01. The molecule has 0 amide bonds. The van der Waals surface area contributed by atoms with Crippen LogP contribution < -0.4 is 0 Å². The van der Waals surface area contributed by atoms with Gasteiger partial charge in [-0.25, -0.2) is 0 Å². The predicted octanol–water partition coefficient (Wildman–Crippen LogP) is 4.33. The average Bonchev–Trinajstić information content (AvgIpc) is 2.03. The third kappa shape index (κ3) is 2.74. The fourth-order valence-electron chi connectivity index (χ4n) is 0.778. The Labute approximate surface area is 86.6 Å². The molecule has 0 bridgehead atoms. The Morgan fingerprint density at radius 2 is 2.08 bits per heavy atom. The van der Waals surface area contributed by atoms with Gasteiger partial charge in [0.05, 0.1) is 0 Å². The molecular weight excluding hydrogens is 211 g/mol. The molecule has 0 nitrogen and oxygen atoms in total. The summed E-state index contributed by atoms with van der Waals surface area (Å²) in [5, 5.41) is 3.34. The zero-order valence-corrected chi connectivity index (χ0v) is 8.88. The van der Waals surface area contributed by atoms with Crippen molar-refractivity contribution in [1.82, 2.24) is 0 Å². The molecule has 0 aliphatic carbocycles. The smallest absolute Gasteiger partial charge is 0.0493 e.